The molecule has 2 unspecified atom stereocenters. The highest BCUT2D eigenvalue weighted by Crippen LogP contribution is 2.40. The number of hydrogen-bond acceptors (Lipinski definition) is 3. The van der Waals surface area contributed by atoms with Crippen LogP contribution in [0.1, 0.15) is 25.5 Å². The van der Waals surface area contributed by atoms with Crippen LogP contribution in [0.3, 0.4) is 0 Å². The molecule has 0 aromatic carbocycles. The molecule has 0 aliphatic carbocycles. The van der Waals surface area contributed by atoms with E-state index in [1.54, 1.807) is 32.4 Å². The van der Waals surface area contributed by atoms with Gasteiger partial charge in [-0.15, -0.1) is 0 Å². The monoisotopic (exact) mass is 238 g/mol. The lowest BCUT2D eigenvalue weighted by Gasteiger charge is -2.33. The zero-order valence-corrected chi connectivity index (χ0v) is 10.4. The van der Waals surface area contributed by atoms with E-state index in [2.05, 4.69) is 10.3 Å². The number of methoxy groups -OCH3 is 1. The lowest BCUT2D eigenvalue weighted by molar-refractivity contribution is 0.0735. The van der Waals surface area contributed by atoms with E-state index in [-0.39, 0.29) is 5.92 Å². The second-order valence-corrected chi connectivity index (χ2v) is 4.67. The fraction of sp³-hybridized carbons (Fsp3) is 0.615. The van der Waals surface area contributed by atoms with Gasteiger partial charge in [-0.2, -0.15) is 0 Å². The highest BCUT2D eigenvalue weighted by molar-refractivity contribution is 5.32. The summed E-state index contributed by atoms with van der Waals surface area (Å²) in [6.45, 7) is 3.29. The van der Waals surface area contributed by atoms with Crippen LogP contribution in [0.2, 0.25) is 0 Å². The molecular weight excluding hydrogens is 219 g/mol. The molecule has 2 atom stereocenters. The van der Waals surface area contributed by atoms with Crippen molar-refractivity contribution in [2.75, 3.05) is 20.2 Å². The molecule has 0 spiro atoms. The number of pyridine rings is 1. The van der Waals surface area contributed by atoms with Gasteiger partial charge in [0, 0.05) is 18.7 Å². The number of aromatic nitrogens is 1. The van der Waals surface area contributed by atoms with Crippen molar-refractivity contribution < 1.29 is 9.13 Å². The fourth-order valence-electron chi connectivity index (χ4n) is 2.43. The molecule has 1 saturated heterocycles. The van der Waals surface area contributed by atoms with Crippen molar-refractivity contribution in [3.05, 3.63) is 24.0 Å². The maximum absolute atomic E-state index is 15.0. The highest BCUT2D eigenvalue weighted by Gasteiger charge is 2.40. The summed E-state index contributed by atoms with van der Waals surface area (Å²) in [6, 6.07) is 3.52. The van der Waals surface area contributed by atoms with Gasteiger partial charge in [-0.3, -0.25) is 4.98 Å². The molecule has 1 N–H and O–H groups in total. The Kier molecular flexibility index (Phi) is 3.62. The third kappa shape index (κ3) is 2.41. The molecule has 2 heterocycles. The third-order valence-corrected chi connectivity index (χ3v) is 3.52. The summed E-state index contributed by atoms with van der Waals surface area (Å²) < 4.78 is 20.2. The van der Waals surface area contributed by atoms with E-state index in [9.17, 15) is 4.39 Å². The highest BCUT2D eigenvalue weighted by atomic mass is 19.1. The Morgan fingerprint density at radius 3 is 3.06 bits per heavy atom. The molecule has 0 saturated carbocycles. The summed E-state index contributed by atoms with van der Waals surface area (Å²) in [5, 5.41) is 3.24. The zero-order valence-electron chi connectivity index (χ0n) is 10.4. The smallest absolute Gasteiger partial charge is 0.157 e. The van der Waals surface area contributed by atoms with Crippen molar-refractivity contribution in [3.63, 3.8) is 0 Å². The van der Waals surface area contributed by atoms with Gasteiger partial charge in [-0.1, -0.05) is 0 Å². The summed E-state index contributed by atoms with van der Waals surface area (Å²) in [6.07, 6.45) is 3.52. The summed E-state index contributed by atoms with van der Waals surface area (Å²) in [5.41, 5.74) is -1.03. The van der Waals surface area contributed by atoms with Gasteiger partial charge >= 0.3 is 0 Å². The fourth-order valence-corrected chi connectivity index (χ4v) is 2.43. The van der Waals surface area contributed by atoms with Crippen molar-refractivity contribution in [1.29, 1.82) is 0 Å². The molecule has 17 heavy (non-hydrogen) atoms. The molecule has 3 nitrogen and oxygen atoms in total. The number of piperidine rings is 1. The quantitative estimate of drug-likeness (QED) is 0.877. The van der Waals surface area contributed by atoms with E-state index >= 15 is 0 Å². The van der Waals surface area contributed by atoms with Crippen LogP contribution in [-0.2, 0) is 5.67 Å². The second kappa shape index (κ2) is 5.00. The Bertz CT molecular complexity index is 375. The molecule has 2 rings (SSSR count). The summed E-state index contributed by atoms with van der Waals surface area (Å²) in [5.74, 6) is 0.489. The minimum absolute atomic E-state index is 0.0416. The Labute approximate surface area is 101 Å². The first-order valence-corrected chi connectivity index (χ1v) is 6.05. The van der Waals surface area contributed by atoms with Crippen LogP contribution in [0.4, 0.5) is 4.39 Å². The Balaban J connectivity index is 2.29. The topological polar surface area (TPSA) is 34.1 Å². The molecule has 1 fully saturated rings. The van der Waals surface area contributed by atoms with Gasteiger partial charge < -0.3 is 10.1 Å². The molecule has 0 amide bonds. The predicted octanol–water partition coefficient (Wildman–Crippen LogP) is 2.27. The minimum atomic E-state index is -1.44. The molecule has 0 bridgehead atoms. The van der Waals surface area contributed by atoms with Gasteiger partial charge in [-0.25, -0.2) is 4.39 Å². The van der Waals surface area contributed by atoms with Crippen LogP contribution in [0.5, 0.6) is 5.75 Å². The van der Waals surface area contributed by atoms with Gasteiger partial charge in [-0.05, 0) is 38.4 Å². The lowest BCUT2D eigenvalue weighted by atomic mass is 9.82. The van der Waals surface area contributed by atoms with Crippen LogP contribution >= 0.6 is 0 Å². The molecule has 4 heteroatoms. The molecule has 1 aliphatic rings. The van der Waals surface area contributed by atoms with Crippen molar-refractivity contribution in [3.8, 4) is 5.75 Å². The summed E-state index contributed by atoms with van der Waals surface area (Å²) in [7, 11) is 1.55. The second-order valence-electron chi connectivity index (χ2n) is 4.67. The first-order valence-electron chi connectivity index (χ1n) is 6.05. The average Bonchev–Trinajstić information content (AvgIpc) is 2.39. The van der Waals surface area contributed by atoms with Crippen LogP contribution in [0.25, 0.3) is 0 Å². The maximum atomic E-state index is 15.0. The molecule has 1 aliphatic heterocycles. The average molecular weight is 238 g/mol. The number of ether oxygens (including phenoxy) is 1. The van der Waals surface area contributed by atoms with E-state index in [0.29, 0.717) is 18.0 Å². The number of rotatable bonds is 3. The molecule has 1 aromatic heterocycles. The van der Waals surface area contributed by atoms with E-state index in [4.69, 9.17) is 4.74 Å². The summed E-state index contributed by atoms with van der Waals surface area (Å²) in [4.78, 5) is 4.17. The SMILES string of the molecule is COc1cccnc1C(C)(F)C1CCCNC1. The number of halogens is 1. The Morgan fingerprint density at radius 1 is 1.59 bits per heavy atom. The molecular formula is C13H19FN2O. The van der Waals surface area contributed by atoms with Crippen molar-refractivity contribution in [2.45, 2.75) is 25.4 Å². The van der Waals surface area contributed by atoms with Crippen LogP contribution < -0.4 is 10.1 Å². The van der Waals surface area contributed by atoms with E-state index < -0.39 is 5.67 Å². The predicted molar refractivity (Wildman–Crippen MR) is 64.8 cm³/mol. The molecule has 0 radical (unpaired) electrons. The Hall–Kier alpha value is -1.16. The number of hydrogen-bond donors (Lipinski definition) is 1. The minimum Gasteiger partial charge on any atom is -0.495 e. The van der Waals surface area contributed by atoms with Crippen LogP contribution in [-0.4, -0.2) is 25.2 Å². The number of nitrogens with zero attached hydrogens (tertiary/aromatic N) is 1. The largest absolute Gasteiger partial charge is 0.495 e. The summed E-state index contributed by atoms with van der Waals surface area (Å²) >= 11 is 0. The van der Waals surface area contributed by atoms with Crippen LogP contribution in [0, 0.1) is 5.92 Å². The molecule has 1 aromatic rings. The van der Waals surface area contributed by atoms with E-state index in [0.717, 1.165) is 19.4 Å². The van der Waals surface area contributed by atoms with E-state index in [1.807, 2.05) is 0 Å². The Morgan fingerprint density at radius 2 is 2.41 bits per heavy atom. The van der Waals surface area contributed by atoms with E-state index in [1.165, 1.54) is 0 Å². The van der Waals surface area contributed by atoms with Crippen molar-refractivity contribution in [1.82, 2.24) is 10.3 Å². The number of nitrogens with one attached hydrogen (secondary N) is 1. The first kappa shape index (κ1) is 12.3. The molecule has 94 valence electrons. The lowest BCUT2D eigenvalue weighted by Crippen LogP contribution is -2.40. The van der Waals surface area contributed by atoms with Gasteiger partial charge in [0.1, 0.15) is 11.4 Å². The first-order chi connectivity index (χ1) is 8.16. The van der Waals surface area contributed by atoms with Gasteiger partial charge in [0.25, 0.3) is 0 Å². The third-order valence-electron chi connectivity index (χ3n) is 3.52. The van der Waals surface area contributed by atoms with Gasteiger partial charge in [0.2, 0.25) is 0 Å². The standard InChI is InChI=1S/C13H19FN2O/c1-13(14,10-5-3-7-15-9-10)12-11(17-2)6-4-8-16-12/h4,6,8,10,15H,3,5,7,9H2,1-2H3. The maximum Gasteiger partial charge on any atom is 0.157 e. The van der Waals surface area contributed by atoms with Gasteiger partial charge in [0.15, 0.2) is 5.67 Å². The van der Waals surface area contributed by atoms with Crippen molar-refractivity contribution >= 4 is 0 Å². The van der Waals surface area contributed by atoms with Gasteiger partial charge in [0.05, 0.1) is 7.11 Å². The zero-order chi connectivity index (χ0) is 12.3. The van der Waals surface area contributed by atoms with Crippen LogP contribution in [0.15, 0.2) is 18.3 Å². The normalized spacial score (nSPS) is 24.1. The van der Waals surface area contributed by atoms with Crippen molar-refractivity contribution in [2.24, 2.45) is 5.92 Å². The number of alkyl halides is 1.